The summed E-state index contributed by atoms with van der Waals surface area (Å²) in [4.78, 5) is 20.5. The first-order valence-corrected chi connectivity index (χ1v) is 9.14. The Morgan fingerprint density at radius 2 is 2.11 bits per heavy atom. The first kappa shape index (κ1) is 18.7. The first-order valence-electron chi connectivity index (χ1n) is 9.14. The predicted molar refractivity (Wildman–Crippen MR) is 100 cm³/mol. The minimum Gasteiger partial charge on any atom is -0.361 e. The van der Waals surface area contributed by atoms with E-state index < -0.39 is 0 Å². The maximum absolute atomic E-state index is 12.4. The van der Waals surface area contributed by atoms with E-state index in [9.17, 15) is 10.1 Å². The van der Waals surface area contributed by atoms with Crippen molar-refractivity contribution in [2.45, 2.75) is 26.7 Å². The van der Waals surface area contributed by atoms with Gasteiger partial charge in [-0.05, 0) is 38.8 Å². The molecule has 8 nitrogen and oxygen atoms in total. The van der Waals surface area contributed by atoms with E-state index >= 15 is 0 Å². The maximum atomic E-state index is 12.4. The minimum absolute atomic E-state index is 0.0464. The molecule has 27 heavy (non-hydrogen) atoms. The Kier molecular flexibility index (Phi) is 5.91. The average molecular weight is 368 g/mol. The number of piperazine rings is 1. The van der Waals surface area contributed by atoms with Gasteiger partial charge in [-0.25, -0.2) is 9.78 Å². The third-order valence-corrected chi connectivity index (χ3v) is 4.83. The molecular weight excluding hydrogens is 344 g/mol. The highest BCUT2D eigenvalue weighted by atomic mass is 16.5. The van der Waals surface area contributed by atoms with Crippen molar-refractivity contribution in [2.75, 3.05) is 37.6 Å². The molecule has 1 N–H and O–H groups in total. The van der Waals surface area contributed by atoms with Gasteiger partial charge in [0, 0.05) is 44.5 Å². The standard InChI is InChI=1S/C19H24N6O2/c1-14-17(15(2)27-23-14)6-4-8-22-19(26)25-11-9-24(10-12-25)18-16(13-20)5-3-7-21-18/h3,5,7H,4,6,8-12H2,1-2H3,(H,22,26). The summed E-state index contributed by atoms with van der Waals surface area (Å²) in [6.07, 6.45) is 3.37. The fourth-order valence-corrected chi connectivity index (χ4v) is 3.29. The van der Waals surface area contributed by atoms with E-state index in [1.54, 1.807) is 23.2 Å². The Labute approximate surface area is 158 Å². The summed E-state index contributed by atoms with van der Waals surface area (Å²) >= 11 is 0. The number of carbonyl (C=O) groups excluding carboxylic acids is 1. The largest absolute Gasteiger partial charge is 0.361 e. The molecule has 8 heteroatoms. The molecule has 0 saturated carbocycles. The molecule has 0 atom stereocenters. The van der Waals surface area contributed by atoms with Crippen LogP contribution in [0.25, 0.3) is 0 Å². The lowest BCUT2D eigenvalue weighted by Crippen LogP contribution is -2.52. The molecule has 142 valence electrons. The highest BCUT2D eigenvalue weighted by molar-refractivity contribution is 5.74. The van der Waals surface area contributed by atoms with Gasteiger partial charge in [0.05, 0.1) is 11.3 Å². The van der Waals surface area contributed by atoms with E-state index in [1.165, 1.54) is 0 Å². The Bertz CT molecular complexity index is 813. The lowest BCUT2D eigenvalue weighted by atomic mass is 10.1. The molecule has 1 saturated heterocycles. The van der Waals surface area contributed by atoms with Gasteiger partial charge in [0.15, 0.2) is 0 Å². The van der Waals surface area contributed by atoms with Gasteiger partial charge in [-0.1, -0.05) is 5.16 Å². The van der Waals surface area contributed by atoms with Crippen molar-refractivity contribution in [3.05, 3.63) is 40.9 Å². The van der Waals surface area contributed by atoms with E-state index in [2.05, 4.69) is 26.4 Å². The molecule has 0 unspecified atom stereocenters. The predicted octanol–water partition coefficient (Wildman–Crippen LogP) is 2.02. The van der Waals surface area contributed by atoms with Crippen LogP contribution in [0, 0.1) is 25.2 Å². The van der Waals surface area contributed by atoms with Gasteiger partial charge in [0.1, 0.15) is 17.6 Å². The number of hydrogen-bond acceptors (Lipinski definition) is 6. The fraction of sp³-hybridized carbons (Fsp3) is 0.474. The molecule has 0 aliphatic carbocycles. The van der Waals surface area contributed by atoms with E-state index in [4.69, 9.17) is 4.52 Å². The second-order valence-electron chi connectivity index (χ2n) is 6.60. The normalized spacial score (nSPS) is 14.1. The number of pyridine rings is 1. The molecule has 2 aromatic heterocycles. The number of urea groups is 1. The monoisotopic (exact) mass is 368 g/mol. The van der Waals surface area contributed by atoms with Crippen molar-refractivity contribution in [3.8, 4) is 6.07 Å². The van der Waals surface area contributed by atoms with Gasteiger partial charge in [-0.15, -0.1) is 0 Å². The summed E-state index contributed by atoms with van der Waals surface area (Å²) in [5.74, 6) is 1.54. The van der Waals surface area contributed by atoms with Gasteiger partial charge in [0.25, 0.3) is 0 Å². The Morgan fingerprint density at radius 1 is 1.33 bits per heavy atom. The van der Waals surface area contributed by atoms with E-state index in [-0.39, 0.29) is 6.03 Å². The summed E-state index contributed by atoms with van der Waals surface area (Å²) in [5, 5.41) is 16.1. The average Bonchev–Trinajstić information content (AvgIpc) is 3.03. The Morgan fingerprint density at radius 3 is 2.78 bits per heavy atom. The zero-order chi connectivity index (χ0) is 19.2. The molecule has 1 fully saturated rings. The molecule has 1 aliphatic heterocycles. The number of aryl methyl sites for hydroxylation is 2. The lowest BCUT2D eigenvalue weighted by molar-refractivity contribution is 0.194. The Hall–Kier alpha value is -3.08. The molecule has 3 heterocycles. The molecule has 0 bridgehead atoms. The highest BCUT2D eigenvalue weighted by Crippen LogP contribution is 2.18. The molecular formula is C19H24N6O2. The van der Waals surface area contributed by atoms with Gasteiger partial charge in [-0.3, -0.25) is 0 Å². The maximum Gasteiger partial charge on any atom is 0.317 e. The van der Waals surface area contributed by atoms with Crippen LogP contribution in [0.4, 0.5) is 10.6 Å². The number of nitrogens with zero attached hydrogens (tertiary/aromatic N) is 5. The number of rotatable bonds is 5. The van der Waals surface area contributed by atoms with Crippen LogP contribution >= 0.6 is 0 Å². The second kappa shape index (κ2) is 8.54. The molecule has 0 aromatic carbocycles. The third kappa shape index (κ3) is 4.37. The van der Waals surface area contributed by atoms with Crippen LogP contribution in [-0.2, 0) is 6.42 Å². The van der Waals surface area contributed by atoms with Crippen molar-refractivity contribution < 1.29 is 9.32 Å². The summed E-state index contributed by atoms with van der Waals surface area (Å²) in [6.45, 7) is 7.00. The van der Waals surface area contributed by atoms with Crippen LogP contribution in [0.2, 0.25) is 0 Å². The number of hydrogen-bond donors (Lipinski definition) is 1. The van der Waals surface area contributed by atoms with Gasteiger partial charge in [0.2, 0.25) is 0 Å². The summed E-state index contributed by atoms with van der Waals surface area (Å²) in [7, 11) is 0. The van der Waals surface area contributed by atoms with Gasteiger partial charge >= 0.3 is 6.03 Å². The van der Waals surface area contributed by atoms with Gasteiger partial charge in [-0.2, -0.15) is 5.26 Å². The van der Waals surface area contributed by atoms with E-state index in [1.807, 2.05) is 13.8 Å². The smallest absolute Gasteiger partial charge is 0.317 e. The van der Waals surface area contributed by atoms with Crippen LogP contribution in [0.15, 0.2) is 22.9 Å². The van der Waals surface area contributed by atoms with Crippen molar-refractivity contribution >= 4 is 11.8 Å². The van der Waals surface area contributed by atoms with Gasteiger partial charge < -0.3 is 19.6 Å². The number of amides is 2. The summed E-state index contributed by atoms with van der Waals surface area (Å²) < 4.78 is 5.16. The van der Waals surface area contributed by atoms with Crippen molar-refractivity contribution in [3.63, 3.8) is 0 Å². The zero-order valence-electron chi connectivity index (χ0n) is 15.7. The van der Waals surface area contributed by atoms with Crippen LogP contribution in [0.5, 0.6) is 0 Å². The second-order valence-corrected chi connectivity index (χ2v) is 6.60. The summed E-state index contributed by atoms with van der Waals surface area (Å²) in [6, 6.07) is 5.65. The van der Waals surface area contributed by atoms with Crippen molar-refractivity contribution in [1.29, 1.82) is 5.26 Å². The molecule has 2 amide bonds. The molecule has 0 spiro atoms. The van der Waals surface area contributed by atoms with Crippen LogP contribution in [-0.4, -0.2) is 53.8 Å². The minimum atomic E-state index is -0.0464. The molecule has 2 aromatic rings. The Balaban J connectivity index is 1.43. The third-order valence-electron chi connectivity index (χ3n) is 4.83. The SMILES string of the molecule is Cc1noc(C)c1CCCNC(=O)N1CCN(c2ncccc2C#N)CC1. The van der Waals surface area contributed by atoms with Crippen molar-refractivity contribution in [1.82, 2.24) is 20.4 Å². The van der Waals surface area contributed by atoms with Crippen LogP contribution in [0.1, 0.15) is 29.0 Å². The van der Waals surface area contributed by atoms with E-state index in [0.29, 0.717) is 44.1 Å². The number of nitrogens with one attached hydrogen (secondary N) is 1. The number of anilines is 1. The van der Waals surface area contributed by atoms with E-state index in [0.717, 1.165) is 29.9 Å². The fourth-order valence-electron chi connectivity index (χ4n) is 3.29. The highest BCUT2D eigenvalue weighted by Gasteiger charge is 2.23. The molecule has 0 radical (unpaired) electrons. The lowest BCUT2D eigenvalue weighted by Gasteiger charge is -2.35. The molecule has 3 rings (SSSR count). The molecule has 1 aliphatic rings. The topological polar surface area (TPSA) is 98.3 Å². The quantitative estimate of drug-likeness (QED) is 0.811. The first-order chi connectivity index (χ1) is 13.1. The number of carbonyl (C=O) groups is 1. The number of nitriles is 1. The summed E-state index contributed by atoms with van der Waals surface area (Å²) in [5.41, 5.74) is 2.61. The number of aromatic nitrogens is 2. The van der Waals surface area contributed by atoms with Crippen LogP contribution < -0.4 is 10.2 Å². The van der Waals surface area contributed by atoms with Crippen molar-refractivity contribution in [2.24, 2.45) is 0 Å². The van der Waals surface area contributed by atoms with Crippen LogP contribution in [0.3, 0.4) is 0 Å². The zero-order valence-corrected chi connectivity index (χ0v) is 15.7.